The van der Waals surface area contributed by atoms with E-state index in [4.69, 9.17) is 14.2 Å². The summed E-state index contributed by atoms with van der Waals surface area (Å²) >= 11 is 0. The lowest BCUT2D eigenvalue weighted by Crippen LogP contribution is -2.20. The van der Waals surface area contributed by atoms with E-state index in [1.54, 1.807) is 25.1 Å². The summed E-state index contributed by atoms with van der Waals surface area (Å²) in [6, 6.07) is 4.84. The van der Waals surface area contributed by atoms with Gasteiger partial charge in [-0.15, -0.1) is 0 Å². The predicted molar refractivity (Wildman–Crippen MR) is 108 cm³/mol. The Balaban J connectivity index is 2.47. The lowest BCUT2D eigenvalue weighted by Gasteiger charge is -2.14. The normalized spacial score (nSPS) is 9.67. The van der Waals surface area contributed by atoms with E-state index in [0.29, 0.717) is 16.9 Å². The third-order valence-electron chi connectivity index (χ3n) is 3.43. The summed E-state index contributed by atoms with van der Waals surface area (Å²) < 4.78 is 19.3. The molecule has 0 atom stereocenters. The van der Waals surface area contributed by atoms with Crippen LogP contribution in [0.2, 0.25) is 0 Å². The van der Waals surface area contributed by atoms with Gasteiger partial charge < -0.3 is 18.9 Å². The number of nitrogens with one attached hydrogen (secondary N) is 2. The minimum absolute atomic E-state index is 0.104. The molecule has 0 bridgehead atoms. The minimum atomic E-state index is -0.758. The van der Waals surface area contributed by atoms with Gasteiger partial charge in [-0.3, -0.25) is 10.6 Å². The Labute approximate surface area is 173 Å². The molecule has 2 N–H and O–H groups in total. The fraction of sp³-hybridized carbons (Fsp3) is 0.300. The molecule has 1 aromatic carbocycles. The average molecular weight is 420 g/mol. The number of hydrogen-bond acceptors (Lipinski definition) is 8. The fourth-order valence-electron chi connectivity index (χ4n) is 1.93. The molecule has 0 aliphatic rings. The van der Waals surface area contributed by atoms with Gasteiger partial charge in [0.1, 0.15) is 26.4 Å². The average Bonchev–Trinajstić information content (AvgIpc) is 2.71. The lowest BCUT2D eigenvalue weighted by molar-refractivity contribution is -0.140. The molecular weight excluding hydrogens is 396 g/mol. The molecule has 10 nitrogen and oxygen atoms in total. The first-order chi connectivity index (χ1) is 14.2. The second-order valence-corrected chi connectivity index (χ2v) is 5.79. The second kappa shape index (κ2) is 12.6. The minimum Gasteiger partial charge on any atom is -0.459 e. The number of carbonyl (C=O) groups is 4. The molecule has 30 heavy (non-hydrogen) atoms. The molecule has 0 spiro atoms. The van der Waals surface area contributed by atoms with Crippen molar-refractivity contribution in [2.45, 2.75) is 13.8 Å². The molecule has 162 valence electrons. The van der Waals surface area contributed by atoms with Gasteiger partial charge in [0, 0.05) is 23.0 Å². The van der Waals surface area contributed by atoms with E-state index in [2.05, 4.69) is 28.5 Å². The van der Waals surface area contributed by atoms with Crippen molar-refractivity contribution in [1.29, 1.82) is 0 Å². The number of hydrogen-bond donors (Lipinski definition) is 2. The molecular formula is C20H24N2O8. The highest BCUT2D eigenvalue weighted by molar-refractivity contribution is 5.91. The van der Waals surface area contributed by atoms with Crippen molar-refractivity contribution < 1.29 is 38.1 Å². The van der Waals surface area contributed by atoms with Gasteiger partial charge in [0.2, 0.25) is 0 Å². The van der Waals surface area contributed by atoms with Crippen LogP contribution in [0, 0.1) is 6.92 Å². The van der Waals surface area contributed by atoms with Crippen LogP contribution in [0.5, 0.6) is 0 Å². The van der Waals surface area contributed by atoms with E-state index in [9.17, 15) is 19.2 Å². The summed E-state index contributed by atoms with van der Waals surface area (Å²) in [4.78, 5) is 45.8. The molecule has 0 saturated carbocycles. The largest absolute Gasteiger partial charge is 0.459 e. The number of anilines is 2. The molecule has 0 unspecified atom stereocenters. The summed E-state index contributed by atoms with van der Waals surface area (Å²) in [6.07, 6.45) is -0.512. The molecule has 0 aromatic heterocycles. The van der Waals surface area contributed by atoms with Crippen LogP contribution in [0.25, 0.3) is 0 Å². The second-order valence-electron chi connectivity index (χ2n) is 5.79. The Morgan fingerprint density at radius 1 is 0.900 bits per heavy atom. The van der Waals surface area contributed by atoms with Gasteiger partial charge in [-0.05, 0) is 31.5 Å². The Morgan fingerprint density at radius 2 is 1.37 bits per heavy atom. The van der Waals surface area contributed by atoms with Crippen molar-refractivity contribution in [2.75, 3.05) is 37.1 Å². The molecule has 10 heteroatoms. The first kappa shape index (κ1) is 24.2. The van der Waals surface area contributed by atoms with Crippen LogP contribution in [0.1, 0.15) is 12.5 Å². The van der Waals surface area contributed by atoms with Crippen molar-refractivity contribution in [3.8, 4) is 0 Å². The van der Waals surface area contributed by atoms with Crippen LogP contribution in [-0.4, -0.2) is 50.6 Å². The number of rotatable bonds is 10. The van der Waals surface area contributed by atoms with Crippen molar-refractivity contribution in [2.24, 2.45) is 0 Å². The summed E-state index contributed by atoms with van der Waals surface area (Å²) in [6.45, 7) is 9.39. The van der Waals surface area contributed by atoms with Gasteiger partial charge in [0.05, 0.1) is 0 Å². The number of carbonyl (C=O) groups excluding carboxylic acids is 4. The third kappa shape index (κ3) is 8.91. The first-order valence-corrected chi connectivity index (χ1v) is 8.83. The van der Waals surface area contributed by atoms with E-state index in [0.717, 1.165) is 6.08 Å². The SMILES string of the molecule is C=CC(=O)OCCOC(=O)Nc1cccc(NC(=O)OCCOC(=O)C(=C)C)c1C. The smallest absolute Gasteiger partial charge is 0.411 e. The van der Waals surface area contributed by atoms with Crippen LogP contribution >= 0.6 is 0 Å². The van der Waals surface area contributed by atoms with E-state index in [-0.39, 0.29) is 32.0 Å². The van der Waals surface area contributed by atoms with Gasteiger partial charge in [-0.25, -0.2) is 19.2 Å². The van der Waals surface area contributed by atoms with E-state index >= 15 is 0 Å². The number of ether oxygens (including phenoxy) is 4. The quantitative estimate of drug-likeness (QED) is 0.256. The Kier molecular flexibility index (Phi) is 10.2. The summed E-state index contributed by atoms with van der Waals surface area (Å²) in [5.74, 6) is -1.19. The highest BCUT2D eigenvalue weighted by Crippen LogP contribution is 2.23. The standard InChI is InChI=1S/C20H24N2O8/c1-5-17(23)27-9-11-29-19(25)21-15-7-6-8-16(14(15)4)22-20(26)30-12-10-28-18(24)13(2)3/h5-8H,1-2,9-12H2,3-4H3,(H,21,25)(H,22,26). The summed E-state index contributed by atoms with van der Waals surface area (Å²) in [5, 5.41) is 5.05. The number of benzene rings is 1. The Morgan fingerprint density at radius 3 is 1.83 bits per heavy atom. The molecule has 0 radical (unpaired) electrons. The van der Waals surface area contributed by atoms with Gasteiger partial charge in [-0.2, -0.15) is 0 Å². The zero-order chi connectivity index (χ0) is 22.5. The first-order valence-electron chi connectivity index (χ1n) is 8.83. The van der Waals surface area contributed by atoms with Crippen molar-refractivity contribution in [3.05, 3.63) is 48.6 Å². The zero-order valence-corrected chi connectivity index (χ0v) is 16.8. The van der Waals surface area contributed by atoms with Crippen LogP contribution in [0.15, 0.2) is 43.0 Å². The molecule has 0 heterocycles. The van der Waals surface area contributed by atoms with Crippen LogP contribution < -0.4 is 10.6 Å². The van der Waals surface area contributed by atoms with Crippen LogP contribution in [0.3, 0.4) is 0 Å². The van der Waals surface area contributed by atoms with Crippen molar-refractivity contribution in [1.82, 2.24) is 0 Å². The molecule has 0 aliphatic carbocycles. The molecule has 2 amide bonds. The van der Waals surface area contributed by atoms with Gasteiger partial charge >= 0.3 is 24.1 Å². The fourth-order valence-corrected chi connectivity index (χ4v) is 1.93. The number of esters is 2. The monoisotopic (exact) mass is 420 g/mol. The summed E-state index contributed by atoms with van der Waals surface area (Å²) in [5.41, 5.74) is 1.60. The van der Waals surface area contributed by atoms with Crippen LogP contribution in [-0.2, 0) is 28.5 Å². The maximum absolute atomic E-state index is 11.9. The zero-order valence-electron chi connectivity index (χ0n) is 16.8. The van der Waals surface area contributed by atoms with E-state index in [1.807, 2.05) is 0 Å². The molecule has 1 rings (SSSR count). The van der Waals surface area contributed by atoms with Crippen molar-refractivity contribution >= 4 is 35.5 Å². The topological polar surface area (TPSA) is 129 Å². The molecule has 0 aliphatic heterocycles. The lowest BCUT2D eigenvalue weighted by atomic mass is 10.1. The number of amides is 2. The third-order valence-corrected chi connectivity index (χ3v) is 3.43. The molecule has 1 aromatic rings. The van der Waals surface area contributed by atoms with E-state index < -0.39 is 24.1 Å². The molecule has 0 fully saturated rings. The Hall–Kier alpha value is -3.82. The van der Waals surface area contributed by atoms with Gasteiger partial charge in [0.15, 0.2) is 0 Å². The van der Waals surface area contributed by atoms with Gasteiger partial charge in [-0.1, -0.05) is 19.2 Å². The Bertz CT molecular complexity index is 819. The maximum Gasteiger partial charge on any atom is 0.411 e. The highest BCUT2D eigenvalue weighted by atomic mass is 16.6. The maximum atomic E-state index is 11.9. The molecule has 0 saturated heterocycles. The highest BCUT2D eigenvalue weighted by Gasteiger charge is 2.12. The summed E-state index contributed by atoms with van der Waals surface area (Å²) in [7, 11) is 0. The van der Waals surface area contributed by atoms with Crippen molar-refractivity contribution in [3.63, 3.8) is 0 Å². The van der Waals surface area contributed by atoms with E-state index in [1.165, 1.54) is 6.92 Å². The van der Waals surface area contributed by atoms with Crippen LogP contribution in [0.4, 0.5) is 21.0 Å². The van der Waals surface area contributed by atoms with Gasteiger partial charge in [0.25, 0.3) is 0 Å². The predicted octanol–water partition coefficient (Wildman–Crippen LogP) is 2.94.